The van der Waals surface area contributed by atoms with Crippen molar-refractivity contribution in [2.75, 3.05) is 34.9 Å². The quantitative estimate of drug-likeness (QED) is 0.522. The third-order valence-electron chi connectivity index (χ3n) is 4.65. The molecule has 158 valence electrons. The van der Waals surface area contributed by atoms with Crippen molar-refractivity contribution in [3.8, 4) is 23.0 Å². The minimum atomic E-state index is 0.119. The molecule has 0 amide bonds. The number of hydrogen-bond donors (Lipinski definition) is 2. The van der Waals surface area contributed by atoms with Crippen molar-refractivity contribution in [1.82, 2.24) is 10.2 Å². The van der Waals surface area contributed by atoms with Crippen LogP contribution in [0.15, 0.2) is 35.3 Å². The molecule has 0 saturated heterocycles. The van der Waals surface area contributed by atoms with Gasteiger partial charge < -0.3 is 29.5 Å². The van der Waals surface area contributed by atoms with Crippen LogP contribution in [0.4, 0.5) is 0 Å². The van der Waals surface area contributed by atoms with Gasteiger partial charge in [-0.25, -0.2) is 4.99 Å². The number of aryl methyl sites for hydroxylation is 1. The number of nitrogens with zero attached hydrogens (tertiary/aromatic N) is 2. The number of rotatable bonds is 8. The van der Waals surface area contributed by atoms with Crippen LogP contribution in [0.5, 0.6) is 23.0 Å². The predicted octanol–water partition coefficient (Wildman–Crippen LogP) is 3.32. The molecule has 0 saturated carbocycles. The zero-order valence-corrected chi connectivity index (χ0v) is 18.1. The van der Waals surface area contributed by atoms with Gasteiger partial charge in [0.15, 0.2) is 29.0 Å². The number of guanidine groups is 1. The molecule has 0 bridgehead atoms. The summed E-state index contributed by atoms with van der Waals surface area (Å²) >= 11 is 0. The Hall–Kier alpha value is -3.09. The number of nitrogens with one attached hydrogen (secondary N) is 1. The number of hydrogen-bond acceptors (Lipinski definition) is 5. The summed E-state index contributed by atoms with van der Waals surface area (Å²) in [6.45, 7) is 5.78. The molecule has 0 aliphatic carbocycles. The van der Waals surface area contributed by atoms with Crippen LogP contribution in [0, 0.1) is 6.92 Å². The van der Waals surface area contributed by atoms with Gasteiger partial charge in [-0.2, -0.15) is 0 Å². The molecule has 0 spiro atoms. The number of methoxy groups -OCH3 is 3. The van der Waals surface area contributed by atoms with Gasteiger partial charge in [-0.3, -0.25) is 0 Å². The van der Waals surface area contributed by atoms with Crippen molar-refractivity contribution in [3.05, 3.63) is 47.0 Å². The lowest BCUT2D eigenvalue weighted by atomic mass is 10.1. The fourth-order valence-corrected chi connectivity index (χ4v) is 3.01. The van der Waals surface area contributed by atoms with Crippen molar-refractivity contribution in [2.24, 2.45) is 4.99 Å². The van der Waals surface area contributed by atoms with E-state index in [4.69, 9.17) is 14.2 Å². The lowest BCUT2D eigenvalue weighted by Crippen LogP contribution is -2.38. The number of benzene rings is 2. The number of phenolic OH excluding ortho intramolecular Hbond substituents is 1. The van der Waals surface area contributed by atoms with E-state index in [1.54, 1.807) is 20.3 Å². The molecule has 0 radical (unpaired) electrons. The van der Waals surface area contributed by atoms with E-state index in [1.165, 1.54) is 7.11 Å². The largest absolute Gasteiger partial charge is 0.504 e. The Morgan fingerprint density at radius 2 is 1.69 bits per heavy atom. The van der Waals surface area contributed by atoms with Crippen LogP contribution in [-0.4, -0.2) is 50.9 Å². The number of ether oxygens (including phenoxy) is 3. The molecule has 2 rings (SSSR count). The summed E-state index contributed by atoms with van der Waals surface area (Å²) in [5, 5.41) is 13.6. The summed E-state index contributed by atoms with van der Waals surface area (Å²) in [6.07, 6.45) is 0. The topological polar surface area (TPSA) is 75.6 Å². The summed E-state index contributed by atoms with van der Waals surface area (Å²) in [5.74, 6) is 2.71. The highest BCUT2D eigenvalue weighted by Crippen LogP contribution is 2.31. The highest BCUT2D eigenvalue weighted by atomic mass is 16.5. The van der Waals surface area contributed by atoms with E-state index in [1.807, 2.05) is 50.1 Å². The summed E-state index contributed by atoms with van der Waals surface area (Å²) in [7, 11) is 6.77. The fraction of sp³-hybridized carbons (Fsp3) is 0.409. The maximum absolute atomic E-state index is 10.3. The molecule has 0 aliphatic rings. The Kier molecular flexibility index (Phi) is 8.00. The minimum Gasteiger partial charge on any atom is -0.504 e. The first kappa shape index (κ1) is 22.2. The second-order valence-corrected chi connectivity index (χ2v) is 6.63. The normalized spacial score (nSPS) is 11.2. The highest BCUT2D eigenvalue weighted by Gasteiger charge is 2.13. The van der Waals surface area contributed by atoms with Crippen molar-refractivity contribution in [2.45, 2.75) is 26.9 Å². The van der Waals surface area contributed by atoms with Crippen molar-refractivity contribution >= 4 is 5.96 Å². The Balaban J connectivity index is 2.23. The summed E-state index contributed by atoms with van der Waals surface area (Å²) in [4.78, 5) is 6.72. The van der Waals surface area contributed by atoms with E-state index in [0.717, 1.165) is 23.6 Å². The second kappa shape index (κ2) is 10.5. The maximum Gasteiger partial charge on any atom is 0.194 e. The first-order chi connectivity index (χ1) is 13.9. The molecule has 29 heavy (non-hydrogen) atoms. The van der Waals surface area contributed by atoms with Gasteiger partial charge in [0.2, 0.25) is 0 Å². The monoisotopic (exact) mass is 401 g/mol. The predicted molar refractivity (Wildman–Crippen MR) is 115 cm³/mol. The van der Waals surface area contributed by atoms with Crippen LogP contribution in [0.3, 0.4) is 0 Å². The minimum absolute atomic E-state index is 0.119. The lowest BCUT2D eigenvalue weighted by molar-refractivity contribution is 0.353. The van der Waals surface area contributed by atoms with Gasteiger partial charge in [0, 0.05) is 25.7 Å². The van der Waals surface area contributed by atoms with Crippen LogP contribution < -0.4 is 19.5 Å². The Morgan fingerprint density at radius 3 is 2.31 bits per heavy atom. The van der Waals surface area contributed by atoms with Gasteiger partial charge >= 0.3 is 0 Å². The zero-order valence-electron chi connectivity index (χ0n) is 18.1. The third kappa shape index (κ3) is 5.47. The smallest absolute Gasteiger partial charge is 0.194 e. The average molecular weight is 402 g/mol. The van der Waals surface area contributed by atoms with Gasteiger partial charge in [0.05, 0.1) is 27.9 Å². The van der Waals surface area contributed by atoms with Crippen molar-refractivity contribution in [3.63, 3.8) is 0 Å². The van der Waals surface area contributed by atoms with Crippen LogP contribution in [0.1, 0.15) is 23.6 Å². The van der Waals surface area contributed by atoms with Gasteiger partial charge in [-0.1, -0.05) is 12.1 Å². The van der Waals surface area contributed by atoms with Gasteiger partial charge in [-0.15, -0.1) is 0 Å². The summed E-state index contributed by atoms with van der Waals surface area (Å²) < 4.78 is 16.0. The summed E-state index contributed by atoms with van der Waals surface area (Å²) in [6, 6.07) is 9.36. The molecule has 0 fully saturated rings. The molecular weight excluding hydrogens is 370 g/mol. The van der Waals surface area contributed by atoms with E-state index in [0.29, 0.717) is 35.9 Å². The fourth-order valence-electron chi connectivity index (χ4n) is 3.01. The van der Waals surface area contributed by atoms with Crippen LogP contribution in [0.25, 0.3) is 0 Å². The maximum atomic E-state index is 10.3. The van der Waals surface area contributed by atoms with E-state index < -0.39 is 0 Å². The number of aromatic hydroxyl groups is 1. The van der Waals surface area contributed by atoms with E-state index in [-0.39, 0.29) is 5.75 Å². The number of phenols is 1. The molecule has 0 aliphatic heterocycles. The van der Waals surface area contributed by atoms with Gasteiger partial charge in [-0.05, 0) is 43.2 Å². The van der Waals surface area contributed by atoms with Crippen LogP contribution >= 0.6 is 0 Å². The molecule has 2 aromatic rings. The molecule has 2 N–H and O–H groups in total. The van der Waals surface area contributed by atoms with Crippen molar-refractivity contribution < 1.29 is 19.3 Å². The first-order valence-electron chi connectivity index (χ1n) is 9.50. The Bertz CT molecular complexity index is 852. The molecule has 0 unspecified atom stereocenters. The summed E-state index contributed by atoms with van der Waals surface area (Å²) in [5.41, 5.74) is 2.92. The second-order valence-electron chi connectivity index (χ2n) is 6.63. The average Bonchev–Trinajstić information content (AvgIpc) is 2.72. The zero-order chi connectivity index (χ0) is 21.4. The SMILES string of the molecule is CCNC(=NCc1cccc(OC)c1O)N(C)Cc1cc(OC)c(OC)cc1C. The highest BCUT2D eigenvalue weighted by molar-refractivity contribution is 5.79. The number of para-hydroxylation sites is 1. The molecule has 0 aromatic heterocycles. The van der Waals surface area contributed by atoms with Crippen LogP contribution in [0.2, 0.25) is 0 Å². The van der Waals surface area contributed by atoms with Gasteiger partial charge in [0.25, 0.3) is 0 Å². The van der Waals surface area contributed by atoms with E-state index in [2.05, 4.69) is 10.3 Å². The molecule has 7 nitrogen and oxygen atoms in total. The molecular formula is C22H31N3O4. The number of aliphatic imine (C=N–C) groups is 1. The van der Waals surface area contributed by atoms with Gasteiger partial charge in [0.1, 0.15) is 0 Å². The first-order valence-corrected chi connectivity index (χ1v) is 9.50. The van der Waals surface area contributed by atoms with Crippen molar-refractivity contribution in [1.29, 1.82) is 0 Å². The molecule has 2 aromatic carbocycles. The Labute approximate surface area is 172 Å². The van der Waals surface area contributed by atoms with Crippen LogP contribution in [-0.2, 0) is 13.1 Å². The molecule has 0 atom stereocenters. The molecule has 0 heterocycles. The Morgan fingerprint density at radius 1 is 1.03 bits per heavy atom. The lowest BCUT2D eigenvalue weighted by Gasteiger charge is -2.24. The standard InChI is InChI=1S/C22H31N3O4/c1-7-23-22(24-13-16-9-8-10-18(27-4)21(16)26)25(3)14-17-12-20(29-6)19(28-5)11-15(17)2/h8-12,26H,7,13-14H2,1-6H3,(H,23,24). The molecule has 7 heteroatoms. The third-order valence-corrected chi connectivity index (χ3v) is 4.65. The van der Waals surface area contributed by atoms with E-state index >= 15 is 0 Å². The van der Waals surface area contributed by atoms with E-state index in [9.17, 15) is 5.11 Å².